The maximum atomic E-state index is 13.7. The molecule has 8 nitrogen and oxygen atoms in total. The normalized spacial score (nSPS) is 18.8. The number of amides is 3. The Balaban J connectivity index is 1.61. The van der Waals surface area contributed by atoms with Crippen molar-refractivity contribution in [3.63, 3.8) is 0 Å². The average Bonchev–Trinajstić information content (AvgIpc) is 3.39. The van der Waals surface area contributed by atoms with Crippen molar-refractivity contribution in [1.29, 1.82) is 0 Å². The monoisotopic (exact) mass is 555 g/mol. The first-order chi connectivity index (χ1) is 18.5. The standard InChI is InChI=1S/C30H45N5O3S/c1-7-39-26(21(2)3)23-12-10-22(11-13-23)19-32-28(37)24-9-8-16-35(24)29(38)27(30(4,5)6)33-25(36)20-34-17-14-31-15-18-34/h7,10-13,24,27,31H,1,8-9,14-20H2,2-6H3,(H,32,37)(H,33,36)/t24-,27+/m0/s1. The summed E-state index contributed by atoms with van der Waals surface area (Å²) < 4.78 is 0. The zero-order valence-corrected chi connectivity index (χ0v) is 25.0. The van der Waals surface area contributed by atoms with Crippen LogP contribution in [0.2, 0.25) is 0 Å². The molecule has 0 spiro atoms. The van der Waals surface area contributed by atoms with Gasteiger partial charge in [-0.1, -0.05) is 69.0 Å². The molecular formula is C30H45N5O3S. The van der Waals surface area contributed by atoms with Crippen molar-refractivity contribution >= 4 is 34.4 Å². The van der Waals surface area contributed by atoms with Crippen LogP contribution in [-0.4, -0.2) is 78.9 Å². The Morgan fingerprint density at radius 1 is 1.13 bits per heavy atom. The summed E-state index contributed by atoms with van der Waals surface area (Å²) in [6.07, 6.45) is 1.38. The summed E-state index contributed by atoms with van der Waals surface area (Å²) in [5.74, 6) is -0.499. The molecule has 0 aliphatic carbocycles. The summed E-state index contributed by atoms with van der Waals surface area (Å²) in [4.78, 5) is 44.7. The second-order valence-corrected chi connectivity index (χ2v) is 12.6. The van der Waals surface area contributed by atoms with Gasteiger partial charge in [-0.05, 0) is 48.6 Å². The van der Waals surface area contributed by atoms with Crippen LogP contribution in [0.1, 0.15) is 58.6 Å². The summed E-state index contributed by atoms with van der Waals surface area (Å²) in [6, 6.07) is 6.91. The van der Waals surface area contributed by atoms with Crippen molar-refractivity contribution in [3.8, 4) is 0 Å². The highest BCUT2D eigenvalue weighted by molar-refractivity contribution is 8.10. The number of benzene rings is 1. The van der Waals surface area contributed by atoms with E-state index in [1.165, 1.54) is 10.5 Å². The topological polar surface area (TPSA) is 93.8 Å². The van der Waals surface area contributed by atoms with Crippen LogP contribution in [-0.2, 0) is 20.9 Å². The summed E-state index contributed by atoms with van der Waals surface area (Å²) >= 11 is 1.60. The van der Waals surface area contributed by atoms with Crippen LogP contribution in [0.25, 0.3) is 4.91 Å². The molecule has 2 saturated heterocycles. The van der Waals surface area contributed by atoms with E-state index in [1.807, 2.05) is 38.3 Å². The second kappa shape index (κ2) is 14.1. The molecule has 3 rings (SSSR count). The number of carbonyl (C=O) groups excluding carboxylic acids is 3. The van der Waals surface area contributed by atoms with Gasteiger partial charge >= 0.3 is 0 Å². The van der Waals surface area contributed by atoms with E-state index in [0.717, 1.165) is 43.7 Å². The van der Waals surface area contributed by atoms with Crippen molar-refractivity contribution < 1.29 is 14.4 Å². The predicted octanol–water partition coefficient (Wildman–Crippen LogP) is 3.36. The Morgan fingerprint density at radius 2 is 1.79 bits per heavy atom. The number of nitrogens with zero attached hydrogens (tertiary/aromatic N) is 2. The maximum Gasteiger partial charge on any atom is 0.246 e. The third kappa shape index (κ3) is 8.68. The van der Waals surface area contributed by atoms with Gasteiger partial charge in [0.1, 0.15) is 12.1 Å². The number of likely N-dealkylation sites (tertiary alicyclic amines) is 1. The average molecular weight is 556 g/mol. The van der Waals surface area contributed by atoms with Gasteiger partial charge in [-0.2, -0.15) is 0 Å². The largest absolute Gasteiger partial charge is 0.350 e. The van der Waals surface area contributed by atoms with Gasteiger partial charge in [-0.25, -0.2) is 0 Å². The lowest BCUT2D eigenvalue weighted by molar-refractivity contribution is -0.144. The Hall–Kier alpha value is -2.62. The molecule has 2 heterocycles. The quantitative estimate of drug-likeness (QED) is 0.410. The molecule has 2 aliphatic rings. The van der Waals surface area contributed by atoms with Crippen molar-refractivity contribution in [2.75, 3.05) is 39.3 Å². The molecule has 2 fully saturated rings. The lowest BCUT2D eigenvalue weighted by Gasteiger charge is -2.36. The minimum Gasteiger partial charge on any atom is -0.350 e. The molecule has 0 aromatic heterocycles. The Kier molecular flexibility index (Phi) is 11.2. The van der Waals surface area contributed by atoms with Crippen molar-refractivity contribution in [2.45, 2.75) is 66.1 Å². The van der Waals surface area contributed by atoms with Gasteiger partial charge in [0.05, 0.1) is 6.54 Å². The molecular weight excluding hydrogens is 510 g/mol. The molecule has 0 saturated carbocycles. The van der Waals surface area contributed by atoms with E-state index >= 15 is 0 Å². The van der Waals surface area contributed by atoms with E-state index in [1.54, 1.807) is 16.7 Å². The molecule has 214 valence electrons. The highest BCUT2D eigenvalue weighted by Gasteiger charge is 2.41. The highest BCUT2D eigenvalue weighted by atomic mass is 32.2. The van der Waals surface area contributed by atoms with E-state index in [2.05, 4.69) is 53.4 Å². The molecule has 3 amide bonds. The van der Waals surface area contributed by atoms with Crippen molar-refractivity contribution in [1.82, 2.24) is 25.8 Å². The van der Waals surface area contributed by atoms with Gasteiger partial charge in [0.25, 0.3) is 0 Å². The zero-order valence-electron chi connectivity index (χ0n) is 24.1. The smallest absolute Gasteiger partial charge is 0.246 e. The fourth-order valence-corrected chi connectivity index (χ4v) is 5.71. The molecule has 9 heteroatoms. The number of nitrogens with one attached hydrogen (secondary N) is 3. The zero-order chi connectivity index (χ0) is 28.6. The molecule has 39 heavy (non-hydrogen) atoms. The third-order valence-corrected chi connectivity index (χ3v) is 8.22. The van der Waals surface area contributed by atoms with Crippen LogP contribution in [0.15, 0.2) is 41.8 Å². The van der Waals surface area contributed by atoms with E-state index in [9.17, 15) is 14.4 Å². The summed E-state index contributed by atoms with van der Waals surface area (Å²) in [5.41, 5.74) is 2.85. The molecule has 0 radical (unpaired) electrons. The number of thioether (sulfide) groups is 1. The maximum absolute atomic E-state index is 13.7. The second-order valence-electron chi connectivity index (χ2n) is 11.6. The van der Waals surface area contributed by atoms with Gasteiger partial charge in [0, 0.05) is 44.2 Å². The lowest BCUT2D eigenvalue weighted by atomic mass is 9.85. The van der Waals surface area contributed by atoms with Crippen LogP contribution in [0.4, 0.5) is 0 Å². The van der Waals surface area contributed by atoms with Crippen LogP contribution >= 0.6 is 11.8 Å². The number of hydrogen-bond acceptors (Lipinski definition) is 6. The number of carbonyl (C=O) groups is 3. The number of hydrogen-bond donors (Lipinski definition) is 3. The van der Waals surface area contributed by atoms with E-state index in [0.29, 0.717) is 19.5 Å². The number of allylic oxidation sites excluding steroid dienone is 1. The van der Waals surface area contributed by atoms with Crippen molar-refractivity contribution in [3.05, 3.63) is 53.0 Å². The lowest BCUT2D eigenvalue weighted by Crippen LogP contribution is -2.59. The van der Waals surface area contributed by atoms with E-state index < -0.39 is 17.5 Å². The summed E-state index contributed by atoms with van der Waals surface area (Å²) in [7, 11) is 0. The van der Waals surface area contributed by atoms with Gasteiger partial charge in [-0.3, -0.25) is 19.3 Å². The molecule has 1 aromatic carbocycles. The van der Waals surface area contributed by atoms with Gasteiger partial charge < -0.3 is 20.9 Å². The first kappa shape index (κ1) is 30.9. The van der Waals surface area contributed by atoms with Gasteiger partial charge in [-0.15, -0.1) is 0 Å². The molecule has 0 bridgehead atoms. The molecule has 3 N–H and O–H groups in total. The van der Waals surface area contributed by atoms with Gasteiger partial charge in [0.15, 0.2) is 0 Å². The fraction of sp³-hybridized carbons (Fsp3) is 0.567. The van der Waals surface area contributed by atoms with Crippen molar-refractivity contribution in [2.24, 2.45) is 5.41 Å². The third-order valence-electron chi connectivity index (χ3n) is 7.17. The number of piperazine rings is 1. The summed E-state index contributed by atoms with van der Waals surface area (Å²) in [5, 5.41) is 11.1. The minimum absolute atomic E-state index is 0.156. The Morgan fingerprint density at radius 3 is 2.38 bits per heavy atom. The van der Waals surface area contributed by atoms with Crippen LogP contribution in [0.5, 0.6) is 0 Å². The minimum atomic E-state index is -0.702. The molecule has 2 aliphatic heterocycles. The molecule has 0 unspecified atom stereocenters. The first-order valence-electron chi connectivity index (χ1n) is 13.9. The molecule has 1 aromatic rings. The van der Waals surface area contributed by atoms with Crippen LogP contribution in [0.3, 0.4) is 0 Å². The SMILES string of the molecule is C=CSC(=C(C)C)c1ccc(CNC(=O)[C@@H]2CCCN2C(=O)[C@@H](NC(=O)CN2CCNCC2)C(C)(C)C)cc1. The Bertz CT molecular complexity index is 1050. The van der Waals surface area contributed by atoms with E-state index in [4.69, 9.17) is 0 Å². The number of rotatable bonds is 10. The van der Waals surface area contributed by atoms with Crippen LogP contribution < -0.4 is 16.0 Å². The van der Waals surface area contributed by atoms with E-state index in [-0.39, 0.29) is 24.3 Å². The highest BCUT2D eigenvalue weighted by Crippen LogP contribution is 2.31. The fourth-order valence-electron chi connectivity index (χ4n) is 5.04. The van der Waals surface area contributed by atoms with Gasteiger partial charge in [0.2, 0.25) is 17.7 Å². The van der Waals surface area contributed by atoms with Crippen LogP contribution in [0, 0.1) is 5.41 Å². The summed E-state index contributed by atoms with van der Waals surface area (Å²) in [6.45, 7) is 18.3. The Labute approximate surface area is 238 Å². The molecule has 2 atom stereocenters. The first-order valence-corrected chi connectivity index (χ1v) is 14.7. The predicted molar refractivity (Wildman–Crippen MR) is 160 cm³/mol.